The topological polar surface area (TPSA) is 0 Å². The van der Waals surface area contributed by atoms with Crippen LogP contribution in [-0.4, -0.2) is 4.21 Å². The molecule has 0 radical (unpaired) electrons. The molecular formula is C44H54Cl2Zr. The number of allylic oxidation sites excluding steroid dienone is 4. The Labute approximate surface area is 298 Å². The number of hydrogen-bond donors (Lipinski definition) is 0. The molecule has 4 aromatic rings. The second-order valence-corrected chi connectivity index (χ2v) is 29.1. The van der Waals surface area contributed by atoms with E-state index in [1.807, 2.05) is 0 Å². The van der Waals surface area contributed by atoms with E-state index < -0.39 is 18.3 Å². The van der Waals surface area contributed by atoms with Gasteiger partial charge < -0.3 is 0 Å². The van der Waals surface area contributed by atoms with E-state index in [0.29, 0.717) is 0 Å². The van der Waals surface area contributed by atoms with Gasteiger partial charge in [0.15, 0.2) is 0 Å². The summed E-state index contributed by atoms with van der Waals surface area (Å²) in [5.41, 5.74) is 15.7. The zero-order valence-electron chi connectivity index (χ0n) is 30.4. The third-order valence-corrected chi connectivity index (χ3v) is 28.2. The van der Waals surface area contributed by atoms with Crippen molar-refractivity contribution < 1.29 is 18.3 Å². The molecule has 0 saturated carbocycles. The fourth-order valence-electron chi connectivity index (χ4n) is 9.02. The standard InChI is InChI=1S/C23H29.2C7H7.C6H7.CH2.2ClH.Zr/c1-14-9-16-11-17-10-15(2)21(23(6,7)8)13-19(17)18(16)12-20(14)22(3,4)5;2*1-7-5-3-2-4-6-7;1-6-4-2-3-5-6;;;;/h9,12-13H,11H2,1-8H3;2*3-6H,1H3;2,4H,3H2,1H3;1H2;2*1H;. The quantitative estimate of drug-likeness (QED) is 0.172. The Balaban J connectivity index is 0.00000250. The van der Waals surface area contributed by atoms with Gasteiger partial charge in [0, 0.05) is 0 Å². The van der Waals surface area contributed by atoms with Gasteiger partial charge in [-0.1, -0.05) is 0 Å². The van der Waals surface area contributed by atoms with Gasteiger partial charge in [0.1, 0.15) is 0 Å². The average Bonchev–Trinajstić information content (AvgIpc) is 3.54. The minimum atomic E-state index is -4.87. The van der Waals surface area contributed by atoms with Crippen molar-refractivity contribution in [3.63, 3.8) is 0 Å². The van der Waals surface area contributed by atoms with Gasteiger partial charge in [0.25, 0.3) is 0 Å². The Kier molecular flexibility index (Phi) is 10.0. The molecule has 0 atom stereocenters. The van der Waals surface area contributed by atoms with Gasteiger partial charge in [-0.05, 0) is 0 Å². The van der Waals surface area contributed by atoms with Crippen LogP contribution in [0, 0.1) is 27.7 Å². The van der Waals surface area contributed by atoms with Crippen LogP contribution in [-0.2, 0) is 35.5 Å². The van der Waals surface area contributed by atoms with Crippen molar-refractivity contribution in [2.24, 2.45) is 0 Å². The molecule has 0 spiro atoms. The van der Waals surface area contributed by atoms with E-state index in [2.05, 4.69) is 155 Å². The van der Waals surface area contributed by atoms with Gasteiger partial charge in [-0.25, -0.2) is 0 Å². The number of aryl methyl sites for hydroxylation is 3. The van der Waals surface area contributed by atoms with Crippen LogP contribution in [0.1, 0.15) is 99.4 Å². The second-order valence-electron chi connectivity index (χ2n) is 16.4. The van der Waals surface area contributed by atoms with E-state index in [9.17, 15) is 0 Å². The van der Waals surface area contributed by atoms with Gasteiger partial charge in [-0.2, -0.15) is 0 Å². The van der Waals surface area contributed by atoms with Gasteiger partial charge in [0.05, 0.1) is 0 Å². The molecule has 0 amide bonds. The fourth-order valence-corrected chi connectivity index (χ4v) is 26.4. The molecule has 248 valence electrons. The summed E-state index contributed by atoms with van der Waals surface area (Å²) in [6.07, 6.45) is 6.69. The zero-order chi connectivity index (χ0) is 32.7. The maximum atomic E-state index is 5.81. The fraction of sp³-hybridized carbons (Fsp3) is 0.341. The summed E-state index contributed by atoms with van der Waals surface area (Å²) in [5, 5.41) is 0. The van der Waals surface area contributed by atoms with Crippen LogP contribution in [0.25, 0.3) is 11.1 Å². The molecule has 2 aliphatic rings. The summed E-state index contributed by atoms with van der Waals surface area (Å²) >= 11 is -4.87. The molecule has 0 fully saturated rings. The van der Waals surface area contributed by atoms with E-state index in [1.165, 1.54) is 67.8 Å². The first-order valence-corrected chi connectivity index (χ1v) is 23.5. The van der Waals surface area contributed by atoms with Crippen molar-refractivity contribution in [3.8, 4) is 11.1 Å². The van der Waals surface area contributed by atoms with Gasteiger partial charge in [0.2, 0.25) is 0 Å². The van der Waals surface area contributed by atoms with Crippen molar-refractivity contribution in [2.45, 2.75) is 99.8 Å². The normalized spacial score (nSPS) is 14.5. The van der Waals surface area contributed by atoms with Crippen LogP contribution in [0.4, 0.5) is 0 Å². The van der Waals surface area contributed by atoms with Crippen LogP contribution in [0.2, 0.25) is 0 Å². The first-order valence-electron chi connectivity index (χ1n) is 16.8. The summed E-state index contributed by atoms with van der Waals surface area (Å²) in [4.78, 5) is 0. The molecule has 0 aromatic heterocycles. The summed E-state index contributed by atoms with van der Waals surface area (Å²) in [6, 6.07) is 26.7. The van der Waals surface area contributed by atoms with E-state index in [4.69, 9.17) is 4.21 Å². The zero-order valence-corrected chi connectivity index (χ0v) is 34.5. The number of fused-ring (bicyclic) bond motifs is 3. The van der Waals surface area contributed by atoms with Gasteiger partial charge in [-0.15, -0.1) is 24.8 Å². The Hall–Kier alpha value is -2.31. The van der Waals surface area contributed by atoms with Crippen LogP contribution in [0.15, 0.2) is 87.7 Å². The van der Waals surface area contributed by atoms with Crippen LogP contribution in [0.3, 0.4) is 0 Å². The second kappa shape index (κ2) is 12.5. The number of hydrogen-bond acceptors (Lipinski definition) is 0. The first-order chi connectivity index (χ1) is 21.0. The first kappa shape index (κ1) is 37.5. The molecule has 0 nitrogen and oxygen atoms in total. The third-order valence-electron chi connectivity index (χ3n) is 11.2. The van der Waals surface area contributed by atoms with Crippen LogP contribution < -0.4 is 9.81 Å². The molecule has 6 rings (SSSR count). The van der Waals surface area contributed by atoms with Crippen molar-refractivity contribution in [2.75, 3.05) is 0 Å². The monoisotopic (exact) mass is 742 g/mol. The molecule has 0 saturated heterocycles. The molecule has 3 heteroatoms. The Morgan fingerprint density at radius 3 is 1.57 bits per heavy atom. The Morgan fingerprint density at radius 2 is 1.13 bits per heavy atom. The molecule has 4 aromatic carbocycles. The molecule has 2 aliphatic carbocycles. The SMILES string of the molecule is Cl.Cl.[CH2]=[Zr]([C]1=C(C)C=CC1)([c]1ccc(C)cc1)([c]1ccc(C)cc1)[c]1c(C)c(C(C)(C)C)cc2c1Cc1cc(C)c(C(C)(C)C)cc1-2. The van der Waals surface area contributed by atoms with Crippen molar-refractivity contribution in [3.05, 3.63) is 132 Å². The van der Waals surface area contributed by atoms with Crippen LogP contribution in [0.5, 0.6) is 0 Å². The summed E-state index contributed by atoms with van der Waals surface area (Å²) in [6.45, 7) is 25.7. The minimum absolute atomic E-state index is 0. The maximum absolute atomic E-state index is 5.81. The van der Waals surface area contributed by atoms with E-state index in [0.717, 1.165) is 12.8 Å². The molecule has 0 heterocycles. The Bertz CT molecular complexity index is 1940. The van der Waals surface area contributed by atoms with Crippen molar-refractivity contribution >= 4 is 38.8 Å². The summed E-state index contributed by atoms with van der Waals surface area (Å²) < 4.78 is 11.9. The van der Waals surface area contributed by atoms with Gasteiger partial charge >= 0.3 is 276 Å². The van der Waals surface area contributed by atoms with Crippen LogP contribution >= 0.6 is 24.8 Å². The predicted molar refractivity (Wildman–Crippen MR) is 211 cm³/mol. The molecular weight excluding hydrogens is 691 g/mol. The van der Waals surface area contributed by atoms with E-state index in [-0.39, 0.29) is 35.6 Å². The van der Waals surface area contributed by atoms with Crippen molar-refractivity contribution in [1.82, 2.24) is 0 Å². The number of halogens is 2. The predicted octanol–water partition coefficient (Wildman–Crippen LogP) is 10.6. The molecule has 0 N–H and O–H groups in total. The number of rotatable bonds is 4. The number of benzene rings is 4. The average molecular weight is 745 g/mol. The van der Waals surface area contributed by atoms with E-state index >= 15 is 0 Å². The Morgan fingerprint density at radius 1 is 0.638 bits per heavy atom. The molecule has 0 aliphatic heterocycles. The van der Waals surface area contributed by atoms with Crippen molar-refractivity contribution in [1.29, 1.82) is 0 Å². The summed E-state index contributed by atoms with van der Waals surface area (Å²) in [5.74, 6) is 0. The van der Waals surface area contributed by atoms with E-state index in [1.54, 1.807) is 6.55 Å². The summed E-state index contributed by atoms with van der Waals surface area (Å²) in [7, 11) is 0. The molecule has 0 bridgehead atoms. The van der Waals surface area contributed by atoms with Gasteiger partial charge in [-0.3, -0.25) is 0 Å². The third kappa shape index (κ3) is 5.67. The molecule has 47 heavy (non-hydrogen) atoms. The molecule has 0 unspecified atom stereocenters.